The number of anilines is 1. The second-order valence-electron chi connectivity index (χ2n) is 5.86. The van der Waals surface area contributed by atoms with Gasteiger partial charge in [-0.3, -0.25) is 4.79 Å². The topological polar surface area (TPSA) is 47.6 Å². The molecule has 0 bridgehead atoms. The van der Waals surface area contributed by atoms with Gasteiger partial charge >= 0.3 is 6.18 Å². The van der Waals surface area contributed by atoms with Crippen LogP contribution in [0.25, 0.3) is 0 Å². The Balaban J connectivity index is 2.06. The van der Waals surface area contributed by atoms with E-state index < -0.39 is 17.7 Å². The van der Waals surface area contributed by atoms with Crippen LogP contribution in [0.4, 0.5) is 18.9 Å². The van der Waals surface area contributed by atoms with E-state index >= 15 is 0 Å². The first kappa shape index (κ1) is 19.6. The first-order valence-electron chi connectivity index (χ1n) is 7.93. The van der Waals surface area contributed by atoms with E-state index in [0.29, 0.717) is 17.9 Å². The van der Waals surface area contributed by atoms with Gasteiger partial charge in [0.2, 0.25) is 5.91 Å². The van der Waals surface area contributed by atoms with E-state index in [9.17, 15) is 18.0 Å². The Bertz CT molecular complexity index is 775. The van der Waals surface area contributed by atoms with E-state index in [1.54, 1.807) is 19.1 Å². The van der Waals surface area contributed by atoms with Crippen molar-refractivity contribution >= 4 is 11.6 Å². The third kappa shape index (κ3) is 4.91. The monoisotopic (exact) mass is 367 g/mol. The molecule has 2 rings (SSSR count). The summed E-state index contributed by atoms with van der Waals surface area (Å²) in [6.45, 7) is 1.71. The highest BCUT2D eigenvalue weighted by molar-refractivity contribution is 5.92. The van der Waals surface area contributed by atoms with Gasteiger partial charge in [0.25, 0.3) is 0 Å². The molecule has 0 heterocycles. The number of halogens is 3. The molecule has 4 nitrogen and oxygen atoms in total. The van der Waals surface area contributed by atoms with E-state index in [2.05, 4.69) is 5.32 Å². The van der Waals surface area contributed by atoms with Gasteiger partial charge in [-0.2, -0.15) is 13.2 Å². The van der Waals surface area contributed by atoms with Crippen molar-refractivity contribution in [2.75, 3.05) is 19.5 Å². The first-order chi connectivity index (χ1) is 12.2. The van der Waals surface area contributed by atoms with Crippen molar-refractivity contribution in [1.29, 1.82) is 0 Å². The molecule has 0 saturated heterocycles. The molecule has 140 valence electrons. The summed E-state index contributed by atoms with van der Waals surface area (Å²) < 4.78 is 48.6. The SMILES string of the molecule is COc1ccc(CC(C)C(=O)Nc2cccc(C(F)(F)F)c2)cc1OC. The summed E-state index contributed by atoms with van der Waals surface area (Å²) in [5.41, 5.74) is 0.168. The zero-order valence-corrected chi connectivity index (χ0v) is 14.7. The van der Waals surface area contributed by atoms with Gasteiger partial charge in [-0.1, -0.05) is 19.1 Å². The van der Waals surface area contributed by atoms with E-state index in [-0.39, 0.29) is 11.6 Å². The predicted octanol–water partition coefficient (Wildman–Crippen LogP) is 4.54. The Morgan fingerprint density at radius 3 is 2.38 bits per heavy atom. The summed E-state index contributed by atoms with van der Waals surface area (Å²) in [4.78, 5) is 12.3. The van der Waals surface area contributed by atoms with Crippen molar-refractivity contribution < 1.29 is 27.4 Å². The van der Waals surface area contributed by atoms with Gasteiger partial charge in [0.05, 0.1) is 19.8 Å². The average molecular weight is 367 g/mol. The number of benzene rings is 2. The Morgan fingerprint density at radius 1 is 1.08 bits per heavy atom. The number of carbonyl (C=O) groups is 1. The maximum atomic E-state index is 12.7. The first-order valence-corrected chi connectivity index (χ1v) is 7.93. The lowest BCUT2D eigenvalue weighted by Gasteiger charge is -2.15. The molecule has 0 aliphatic rings. The molecule has 1 N–H and O–H groups in total. The molecule has 1 atom stereocenters. The van der Waals surface area contributed by atoms with Crippen molar-refractivity contribution in [3.8, 4) is 11.5 Å². The number of rotatable bonds is 6. The Hall–Kier alpha value is -2.70. The van der Waals surface area contributed by atoms with E-state index in [1.165, 1.54) is 26.4 Å². The second kappa shape index (κ2) is 8.12. The van der Waals surface area contributed by atoms with Crippen molar-refractivity contribution in [3.63, 3.8) is 0 Å². The van der Waals surface area contributed by atoms with Crippen LogP contribution in [0.3, 0.4) is 0 Å². The van der Waals surface area contributed by atoms with Gasteiger partial charge in [0, 0.05) is 11.6 Å². The van der Waals surface area contributed by atoms with Crippen molar-refractivity contribution in [3.05, 3.63) is 53.6 Å². The van der Waals surface area contributed by atoms with E-state index in [1.807, 2.05) is 6.07 Å². The van der Waals surface area contributed by atoms with E-state index in [4.69, 9.17) is 9.47 Å². The highest BCUT2D eigenvalue weighted by atomic mass is 19.4. The fourth-order valence-electron chi connectivity index (χ4n) is 2.49. The van der Waals surface area contributed by atoms with Gasteiger partial charge < -0.3 is 14.8 Å². The van der Waals surface area contributed by atoms with Crippen LogP contribution < -0.4 is 14.8 Å². The van der Waals surface area contributed by atoms with Crippen LogP contribution in [-0.4, -0.2) is 20.1 Å². The zero-order valence-electron chi connectivity index (χ0n) is 14.7. The van der Waals surface area contributed by atoms with Crippen LogP contribution in [0.1, 0.15) is 18.1 Å². The van der Waals surface area contributed by atoms with Gasteiger partial charge in [0.1, 0.15) is 0 Å². The molecule has 0 aliphatic carbocycles. The number of carbonyl (C=O) groups excluding carboxylic acids is 1. The van der Waals surface area contributed by atoms with Crippen LogP contribution in [0.2, 0.25) is 0 Å². The highest BCUT2D eigenvalue weighted by Crippen LogP contribution is 2.31. The molecular formula is C19H20F3NO3. The van der Waals surface area contributed by atoms with E-state index in [0.717, 1.165) is 17.7 Å². The quantitative estimate of drug-likeness (QED) is 0.815. The van der Waals surface area contributed by atoms with Crippen molar-refractivity contribution in [2.24, 2.45) is 5.92 Å². The Labute approximate surface area is 149 Å². The Kier molecular flexibility index (Phi) is 6.13. The molecule has 2 aromatic carbocycles. The molecule has 0 spiro atoms. The van der Waals surface area contributed by atoms with Crippen LogP contribution in [-0.2, 0) is 17.4 Å². The number of methoxy groups -OCH3 is 2. The summed E-state index contributed by atoms with van der Waals surface area (Å²) in [6.07, 6.45) is -4.04. The van der Waals surface area contributed by atoms with Crippen molar-refractivity contribution in [1.82, 2.24) is 0 Å². The minimum atomic E-state index is -4.45. The van der Waals surface area contributed by atoms with Crippen LogP contribution in [0, 0.1) is 5.92 Å². The lowest BCUT2D eigenvalue weighted by Crippen LogP contribution is -2.22. The number of alkyl halides is 3. The predicted molar refractivity (Wildman–Crippen MR) is 92.5 cm³/mol. The molecule has 7 heteroatoms. The normalized spacial score (nSPS) is 12.4. The summed E-state index contributed by atoms with van der Waals surface area (Å²) in [7, 11) is 3.05. The number of hydrogen-bond donors (Lipinski definition) is 1. The minimum Gasteiger partial charge on any atom is -0.493 e. The van der Waals surface area contributed by atoms with Gasteiger partial charge in [-0.05, 0) is 42.3 Å². The summed E-state index contributed by atoms with van der Waals surface area (Å²) >= 11 is 0. The molecule has 0 aromatic heterocycles. The number of nitrogens with one attached hydrogen (secondary N) is 1. The lowest BCUT2D eigenvalue weighted by molar-refractivity contribution is -0.137. The molecule has 26 heavy (non-hydrogen) atoms. The summed E-state index contributed by atoms with van der Waals surface area (Å²) in [6, 6.07) is 9.89. The van der Waals surface area contributed by atoms with Gasteiger partial charge in [0.15, 0.2) is 11.5 Å². The molecule has 1 amide bonds. The standard InChI is InChI=1S/C19H20F3NO3/c1-12(9-13-7-8-16(25-2)17(10-13)26-3)18(24)23-15-6-4-5-14(11-15)19(20,21)22/h4-8,10-12H,9H2,1-3H3,(H,23,24). The molecule has 0 aliphatic heterocycles. The second-order valence-corrected chi connectivity index (χ2v) is 5.86. The lowest BCUT2D eigenvalue weighted by atomic mass is 9.99. The number of amides is 1. The maximum absolute atomic E-state index is 12.7. The number of hydrogen-bond acceptors (Lipinski definition) is 3. The molecular weight excluding hydrogens is 347 g/mol. The van der Waals surface area contributed by atoms with Crippen LogP contribution in [0.15, 0.2) is 42.5 Å². The fourth-order valence-corrected chi connectivity index (χ4v) is 2.49. The average Bonchev–Trinajstić information content (AvgIpc) is 2.61. The third-order valence-corrected chi connectivity index (χ3v) is 3.89. The summed E-state index contributed by atoms with van der Waals surface area (Å²) in [5.74, 6) is 0.328. The molecule has 0 saturated carbocycles. The molecule has 0 radical (unpaired) electrons. The zero-order chi connectivity index (χ0) is 19.3. The maximum Gasteiger partial charge on any atom is 0.416 e. The van der Waals surface area contributed by atoms with Crippen molar-refractivity contribution in [2.45, 2.75) is 19.5 Å². The smallest absolute Gasteiger partial charge is 0.416 e. The summed E-state index contributed by atoms with van der Waals surface area (Å²) in [5, 5.41) is 2.53. The van der Waals surface area contributed by atoms with Gasteiger partial charge in [-0.15, -0.1) is 0 Å². The molecule has 0 fully saturated rings. The minimum absolute atomic E-state index is 0.115. The van der Waals surface area contributed by atoms with Gasteiger partial charge in [-0.25, -0.2) is 0 Å². The van der Waals surface area contributed by atoms with Crippen LogP contribution in [0.5, 0.6) is 11.5 Å². The fraction of sp³-hybridized carbons (Fsp3) is 0.316. The highest BCUT2D eigenvalue weighted by Gasteiger charge is 2.30. The largest absolute Gasteiger partial charge is 0.493 e. The van der Waals surface area contributed by atoms with Crippen LogP contribution >= 0.6 is 0 Å². The Morgan fingerprint density at radius 2 is 1.77 bits per heavy atom. The third-order valence-electron chi connectivity index (χ3n) is 3.89. The molecule has 1 unspecified atom stereocenters. The molecule has 2 aromatic rings. The number of ether oxygens (including phenoxy) is 2.